The number of anilines is 1. The van der Waals surface area contributed by atoms with E-state index in [0.29, 0.717) is 16.0 Å². The lowest BCUT2D eigenvalue weighted by molar-refractivity contribution is -0.385. The second kappa shape index (κ2) is 6.24. The van der Waals surface area contributed by atoms with Gasteiger partial charge in [-0.05, 0) is 36.2 Å². The van der Waals surface area contributed by atoms with Crippen molar-refractivity contribution in [1.29, 1.82) is 0 Å². The Morgan fingerprint density at radius 3 is 2.80 bits per heavy atom. The summed E-state index contributed by atoms with van der Waals surface area (Å²) in [7, 11) is 0. The van der Waals surface area contributed by atoms with E-state index in [9.17, 15) is 10.1 Å². The Kier molecular flexibility index (Phi) is 4.62. The van der Waals surface area contributed by atoms with Crippen LogP contribution in [0.3, 0.4) is 0 Å². The van der Waals surface area contributed by atoms with Crippen molar-refractivity contribution in [2.24, 2.45) is 0 Å². The predicted octanol–water partition coefficient (Wildman–Crippen LogP) is 4.93. The average molecular weight is 356 g/mol. The molecule has 4 nitrogen and oxygen atoms in total. The van der Waals surface area contributed by atoms with Crippen molar-refractivity contribution in [3.05, 3.63) is 67.1 Å². The van der Waals surface area contributed by atoms with Crippen molar-refractivity contribution in [2.75, 3.05) is 5.32 Å². The molecule has 0 fully saturated rings. The molecule has 0 aromatic heterocycles. The summed E-state index contributed by atoms with van der Waals surface area (Å²) in [5.74, 6) is 0. The molecule has 0 saturated carbocycles. The maximum Gasteiger partial charge on any atom is 0.270 e. The second-order valence-electron chi connectivity index (χ2n) is 4.34. The van der Waals surface area contributed by atoms with Crippen LogP contribution in [0, 0.1) is 17.0 Å². The van der Waals surface area contributed by atoms with Crippen molar-refractivity contribution >= 4 is 38.9 Å². The molecule has 0 atom stereocenters. The minimum Gasteiger partial charge on any atom is -0.381 e. The number of hydrogen-bond acceptors (Lipinski definition) is 3. The zero-order valence-electron chi connectivity index (χ0n) is 10.7. The fourth-order valence-corrected chi connectivity index (χ4v) is 2.54. The quantitative estimate of drug-likeness (QED) is 0.625. The van der Waals surface area contributed by atoms with Crippen molar-refractivity contribution < 1.29 is 4.92 Å². The van der Waals surface area contributed by atoms with E-state index in [1.54, 1.807) is 6.07 Å². The molecule has 0 unspecified atom stereocenters. The number of benzene rings is 2. The van der Waals surface area contributed by atoms with Crippen LogP contribution in [-0.4, -0.2) is 4.92 Å². The Morgan fingerprint density at radius 1 is 1.35 bits per heavy atom. The minimum atomic E-state index is -0.404. The van der Waals surface area contributed by atoms with E-state index >= 15 is 0 Å². The fraction of sp³-hybridized carbons (Fsp3) is 0.143. The number of halogens is 2. The number of nitrogens with one attached hydrogen (secondary N) is 1. The van der Waals surface area contributed by atoms with Gasteiger partial charge in [-0.2, -0.15) is 0 Å². The third-order valence-corrected chi connectivity index (χ3v) is 3.77. The Morgan fingerprint density at radius 2 is 2.10 bits per heavy atom. The first-order valence-electron chi connectivity index (χ1n) is 5.90. The molecule has 0 amide bonds. The Balaban J connectivity index is 2.19. The van der Waals surface area contributed by atoms with Gasteiger partial charge < -0.3 is 5.32 Å². The zero-order chi connectivity index (χ0) is 14.7. The number of rotatable bonds is 4. The highest BCUT2D eigenvalue weighted by Crippen LogP contribution is 2.25. The molecule has 0 heterocycles. The van der Waals surface area contributed by atoms with E-state index in [1.165, 1.54) is 6.07 Å². The summed E-state index contributed by atoms with van der Waals surface area (Å²) in [5, 5.41) is 14.8. The second-order valence-corrected chi connectivity index (χ2v) is 5.66. The van der Waals surface area contributed by atoms with Gasteiger partial charge in [-0.15, -0.1) is 0 Å². The largest absolute Gasteiger partial charge is 0.381 e. The Labute approximate surface area is 130 Å². The number of nitro benzene ring substituents is 1. The zero-order valence-corrected chi connectivity index (χ0v) is 13.0. The summed E-state index contributed by atoms with van der Waals surface area (Å²) in [5.41, 5.74) is 2.77. The van der Waals surface area contributed by atoms with Crippen LogP contribution in [0.15, 0.2) is 40.9 Å². The smallest absolute Gasteiger partial charge is 0.270 e. The molecule has 2 aromatic rings. The molecule has 2 rings (SSSR count). The standard InChI is InChI=1S/C14H12BrClN2O2/c1-9-13(16)3-2-4-14(9)17-8-10-5-11(15)7-12(6-10)18(19)20/h2-7,17H,8H2,1H3. The van der Waals surface area contributed by atoms with E-state index in [0.717, 1.165) is 16.8 Å². The predicted molar refractivity (Wildman–Crippen MR) is 84.3 cm³/mol. The molecule has 0 aliphatic heterocycles. The lowest BCUT2D eigenvalue weighted by atomic mass is 10.1. The van der Waals surface area contributed by atoms with Gasteiger partial charge in [0.1, 0.15) is 0 Å². The molecular formula is C14H12BrClN2O2. The first-order chi connectivity index (χ1) is 9.47. The molecule has 0 spiro atoms. The SMILES string of the molecule is Cc1c(Cl)cccc1NCc1cc(Br)cc([N+](=O)[O-])c1. The summed E-state index contributed by atoms with van der Waals surface area (Å²) in [6, 6.07) is 10.5. The van der Waals surface area contributed by atoms with Crippen LogP contribution in [0.2, 0.25) is 5.02 Å². The van der Waals surface area contributed by atoms with E-state index in [1.807, 2.05) is 31.2 Å². The number of hydrogen-bond donors (Lipinski definition) is 1. The normalized spacial score (nSPS) is 10.3. The van der Waals surface area contributed by atoms with Crippen LogP contribution in [0.5, 0.6) is 0 Å². The highest BCUT2D eigenvalue weighted by Gasteiger charge is 2.09. The molecule has 6 heteroatoms. The lowest BCUT2D eigenvalue weighted by Gasteiger charge is -2.11. The van der Waals surface area contributed by atoms with Gasteiger partial charge in [-0.25, -0.2) is 0 Å². The number of nitrogens with zero attached hydrogens (tertiary/aromatic N) is 1. The first-order valence-corrected chi connectivity index (χ1v) is 7.07. The molecule has 0 radical (unpaired) electrons. The first kappa shape index (κ1) is 14.8. The third-order valence-electron chi connectivity index (χ3n) is 2.90. The van der Waals surface area contributed by atoms with Gasteiger partial charge in [0.2, 0.25) is 0 Å². The van der Waals surface area contributed by atoms with Gasteiger partial charge in [0, 0.05) is 33.9 Å². The van der Waals surface area contributed by atoms with Crippen LogP contribution in [-0.2, 0) is 6.54 Å². The highest BCUT2D eigenvalue weighted by molar-refractivity contribution is 9.10. The maximum absolute atomic E-state index is 10.8. The van der Waals surface area contributed by atoms with Crippen molar-refractivity contribution in [1.82, 2.24) is 0 Å². The van der Waals surface area contributed by atoms with Gasteiger partial charge in [0.15, 0.2) is 0 Å². The lowest BCUT2D eigenvalue weighted by Crippen LogP contribution is -2.02. The molecule has 2 aromatic carbocycles. The van der Waals surface area contributed by atoms with Crippen LogP contribution in [0.4, 0.5) is 11.4 Å². The molecule has 0 aliphatic carbocycles. The van der Waals surface area contributed by atoms with Crippen molar-refractivity contribution in [2.45, 2.75) is 13.5 Å². The molecule has 104 valence electrons. The molecule has 0 saturated heterocycles. The van der Waals surface area contributed by atoms with Crippen molar-refractivity contribution in [3.63, 3.8) is 0 Å². The Bertz CT molecular complexity index is 662. The van der Waals surface area contributed by atoms with Gasteiger partial charge >= 0.3 is 0 Å². The number of nitro groups is 1. The van der Waals surface area contributed by atoms with Crippen LogP contribution in [0.25, 0.3) is 0 Å². The van der Waals surface area contributed by atoms with Gasteiger partial charge in [-0.3, -0.25) is 10.1 Å². The van der Waals surface area contributed by atoms with Crippen molar-refractivity contribution in [3.8, 4) is 0 Å². The summed E-state index contributed by atoms with van der Waals surface area (Å²) >= 11 is 9.33. The molecule has 0 bridgehead atoms. The van der Waals surface area contributed by atoms with E-state index < -0.39 is 4.92 Å². The fourth-order valence-electron chi connectivity index (χ4n) is 1.84. The van der Waals surface area contributed by atoms with E-state index in [-0.39, 0.29) is 5.69 Å². The maximum atomic E-state index is 10.8. The minimum absolute atomic E-state index is 0.0685. The van der Waals surface area contributed by atoms with Gasteiger partial charge in [0.25, 0.3) is 5.69 Å². The molecule has 20 heavy (non-hydrogen) atoms. The summed E-state index contributed by atoms with van der Waals surface area (Å²) in [6.45, 7) is 2.41. The molecular weight excluding hydrogens is 344 g/mol. The summed E-state index contributed by atoms with van der Waals surface area (Å²) < 4.78 is 0.686. The average Bonchev–Trinajstić information content (AvgIpc) is 2.40. The number of non-ortho nitro benzene ring substituents is 1. The van der Waals surface area contributed by atoms with Crippen LogP contribution >= 0.6 is 27.5 Å². The highest BCUT2D eigenvalue weighted by atomic mass is 79.9. The van der Waals surface area contributed by atoms with Gasteiger partial charge in [-0.1, -0.05) is 33.6 Å². The van der Waals surface area contributed by atoms with E-state index in [4.69, 9.17) is 11.6 Å². The van der Waals surface area contributed by atoms with Crippen LogP contribution < -0.4 is 5.32 Å². The third kappa shape index (κ3) is 3.49. The summed E-state index contributed by atoms with van der Waals surface area (Å²) in [4.78, 5) is 10.4. The van der Waals surface area contributed by atoms with Crippen LogP contribution in [0.1, 0.15) is 11.1 Å². The van der Waals surface area contributed by atoms with Gasteiger partial charge in [0.05, 0.1) is 4.92 Å². The summed E-state index contributed by atoms with van der Waals surface area (Å²) in [6.07, 6.45) is 0. The molecule has 0 aliphatic rings. The monoisotopic (exact) mass is 354 g/mol. The van der Waals surface area contributed by atoms with E-state index in [2.05, 4.69) is 21.2 Å². The molecule has 1 N–H and O–H groups in total. The topological polar surface area (TPSA) is 55.2 Å². The Hall–Kier alpha value is -1.59.